The van der Waals surface area contributed by atoms with Crippen LogP contribution in [0.4, 0.5) is 4.79 Å². The lowest BCUT2D eigenvalue weighted by Gasteiger charge is -2.22. The largest absolute Gasteiger partial charge is 0.453 e. The van der Waals surface area contributed by atoms with E-state index in [1.807, 2.05) is 0 Å². The van der Waals surface area contributed by atoms with Crippen LogP contribution in [0, 0.1) is 0 Å². The van der Waals surface area contributed by atoms with Crippen LogP contribution in [0.5, 0.6) is 0 Å². The molecule has 5 nitrogen and oxygen atoms in total. The molecule has 0 aromatic heterocycles. The molecule has 2 fully saturated rings. The van der Waals surface area contributed by atoms with Crippen LogP contribution in [0.3, 0.4) is 0 Å². The molecule has 0 spiro atoms. The van der Waals surface area contributed by atoms with E-state index in [0.717, 1.165) is 17.9 Å². The summed E-state index contributed by atoms with van der Waals surface area (Å²) in [5.41, 5.74) is 2.48. The minimum absolute atomic E-state index is 0.103. The summed E-state index contributed by atoms with van der Waals surface area (Å²) in [5, 5.41) is 2.93. The first-order valence-corrected chi connectivity index (χ1v) is 7.90. The Bertz CT molecular complexity index is 552. The lowest BCUT2D eigenvalue weighted by Crippen LogP contribution is -2.45. The van der Waals surface area contributed by atoms with Gasteiger partial charge in [-0.25, -0.2) is 4.79 Å². The molecule has 1 aliphatic heterocycles. The summed E-state index contributed by atoms with van der Waals surface area (Å²) in [4.78, 5) is 25.4. The van der Waals surface area contributed by atoms with Crippen molar-refractivity contribution in [1.82, 2.24) is 10.2 Å². The Morgan fingerprint density at radius 1 is 1.23 bits per heavy atom. The second-order valence-electron chi connectivity index (χ2n) is 6.06. The van der Waals surface area contributed by atoms with Crippen LogP contribution < -0.4 is 5.32 Å². The van der Waals surface area contributed by atoms with E-state index in [1.54, 1.807) is 0 Å². The Balaban J connectivity index is 1.53. The molecule has 118 valence electrons. The maximum Gasteiger partial charge on any atom is 0.410 e. The summed E-state index contributed by atoms with van der Waals surface area (Å²) >= 11 is 0. The molecule has 22 heavy (non-hydrogen) atoms. The molecule has 0 bridgehead atoms. The van der Waals surface area contributed by atoms with Gasteiger partial charge in [-0.05, 0) is 42.7 Å². The number of benzene rings is 1. The van der Waals surface area contributed by atoms with Crippen molar-refractivity contribution in [2.75, 3.05) is 13.7 Å². The van der Waals surface area contributed by atoms with E-state index in [9.17, 15) is 9.59 Å². The van der Waals surface area contributed by atoms with E-state index in [1.165, 1.54) is 30.4 Å². The van der Waals surface area contributed by atoms with Gasteiger partial charge >= 0.3 is 6.09 Å². The van der Waals surface area contributed by atoms with Gasteiger partial charge in [0, 0.05) is 13.1 Å². The maximum absolute atomic E-state index is 12.3. The number of carbonyl (C=O) groups is 2. The molecule has 1 atom stereocenters. The van der Waals surface area contributed by atoms with E-state index < -0.39 is 12.1 Å². The zero-order valence-electron chi connectivity index (χ0n) is 12.9. The molecule has 1 N–H and O–H groups in total. The van der Waals surface area contributed by atoms with Gasteiger partial charge in [-0.15, -0.1) is 0 Å². The molecular weight excluding hydrogens is 280 g/mol. The van der Waals surface area contributed by atoms with Crippen LogP contribution in [0.1, 0.15) is 42.7 Å². The second kappa shape index (κ2) is 6.38. The first-order valence-electron chi connectivity index (χ1n) is 7.90. The van der Waals surface area contributed by atoms with Crippen molar-refractivity contribution in [3.05, 3.63) is 35.4 Å². The number of amides is 2. The molecule has 3 rings (SSSR count). The van der Waals surface area contributed by atoms with Gasteiger partial charge in [0.25, 0.3) is 0 Å². The lowest BCUT2D eigenvalue weighted by molar-refractivity contribution is -0.125. The molecule has 5 heteroatoms. The molecular formula is C17H22N2O3. The number of hydrogen-bond acceptors (Lipinski definition) is 3. The van der Waals surface area contributed by atoms with Gasteiger partial charge in [0.15, 0.2) is 0 Å². The molecule has 1 aromatic carbocycles. The van der Waals surface area contributed by atoms with Crippen LogP contribution in [-0.2, 0) is 16.1 Å². The highest BCUT2D eigenvalue weighted by molar-refractivity contribution is 5.86. The second-order valence-corrected chi connectivity index (χ2v) is 6.06. The average molecular weight is 302 g/mol. The van der Waals surface area contributed by atoms with Crippen molar-refractivity contribution < 1.29 is 14.3 Å². The summed E-state index contributed by atoms with van der Waals surface area (Å²) in [5.74, 6) is 0.643. The van der Waals surface area contributed by atoms with Gasteiger partial charge < -0.3 is 10.1 Å². The van der Waals surface area contributed by atoms with Crippen molar-refractivity contribution in [1.29, 1.82) is 0 Å². The maximum atomic E-state index is 12.3. The number of nitrogens with zero attached hydrogens (tertiary/aromatic N) is 1. The van der Waals surface area contributed by atoms with Gasteiger partial charge in [-0.3, -0.25) is 9.69 Å². The molecule has 1 saturated heterocycles. The summed E-state index contributed by atoms with van der Waals surface area (Å²) < 4.78 is 4.73. The Hall–Kier alpha value is -2.04. The fraction of sp³-hybridized carbons (Fsp3) is 0.529. The van der Waals surface area contributed by atoms with E-state index in [0.29, 0.717) is 19.5 Å². The number of hydrogen-bond donors (Lipinski definition) is 1. The first-order chi connectivity index (χ1) is 10.7. The fourth-order valence-corrected chi connectivity index (χ4v) is 3.01. The summed E-state index contributed by atoms with van der Waals surface area (Å²) in [6.07, 6.45) is 3.69. The Labute approximate surface area is 130 Å². The topological polar surface area (TPSA) is 58.6 Å². The Morgan fingerprint density at radius 3 is 2.59 bits per heavy atom. The van der Waals surface area contributed by atoms with Crippen molar-refractivity contribution in [3.8, 4) is 0 Å². The number of carbonyl (C=O) groups excluding carboxylic acids is 2. The molecule has 2 aliphatic rings. The SMILES string of the molecule is COC(=O)N1CCC[C@@H]1C(=O)NCc1ccc(C2CC2)cc1. The average Bonchev–Trinajstić information content (AvgIpc) is 3.28. The third-order valence-electron chi connectivity index (χ3n) is 4.46. The van der Waals surface area contributed by atoms with Crippen molar-refractivity contribution in [2.24, 2.45) is 0 Å². The molecule has 1 saturated carbocycles. The lowest BCUT2D eigenvalue weighted by atomic mass is 10.1. The quantitative estimate of drug-likeness (QED) is 0.929. The minimum Gasteiger partial charge on any atom is -0.453 e. The van der Waals surface area contributed by atoms with Crippen LogP contribution in [0.25, 0.3) is 0 Å². The predicted molar refractivity (Wildman–Crippen MR) is 82.4 cm³/mol. The summed E-state index contributed by atoms with van der Waals surface area (Å²) in [7, 11) is 1.34. The molecule has 0 radical (unpaired) electrons. The number of likely N-dealkylation sites (tertiary alicyclic amines) is 1. The smallest absolute Gasteiger partial charge is 0.410 e. The van der Waals surface area contributed by atoms with Gasteiger partial charge in [-0.1, -0.05) is 24.3 Å². The zero-order chi connectivity index (χ0) is 15.5. The van der Waals surface area contributed by atoms with Gasteiger partial charge in [-0.2, -0.15) is 0 Å². The highest BCUT2D eigenvalue weighted by Gasteiger charge is 2.34. The van der Waals surface area contributed by atoms with Crippen molar-refractivity contribution in [3.63, 3.8) is 0 Å². The number of nitrogens with one attached hydrogen (secondary N) is 1. The van der Waals surface area contributed by atoms with E-state index >= 15 is 0 Å². The highest BCUT2D eigenvalue weighted by Crippen LogP contribution is 2.39. The number of ether oxygens (including phenoxy) is 1. The summed E-state index contributed by atoms with van der Waals surface area (Å²) in [6, 6.07) is 8.03. The Morgan fingerprint density at radius 2 is 1.95 bits per heavy atom. The third-order valence-corrected chi connectivity index (χ3v) is 4.46. The third kappa shape index (κ3) is 3.24. The number of methoxy groups -OCH3 is 1. The molecule has 1 aliphatic carbocycles. The predicted octanol–water partition coefficient (Wildman–Crippen LogP) is 2.41. The van der Waals surface area contributed by atoms with Crippen LogP contribution in [0.2, 0.25) is 0 Å². The fourth-order valence-electron chi connectivity index (χ4n) is 3.01. The van der Waals surface area contributed by atoms with Crippen LogP contribution >= 0.6 is 0 Å². The minimum atomic E-state index is -0.425. The first kappa shape index (κ1) is 14.9. The molecule has 2 amide bonds. The Kier molecular flexibility index (Phi) is 4.32. The molecule has 1 aromatic rings. The molecule has 1 heterocycles. The molecule has 0 unspecified atom stereocenters. The van der Waals surface area contributed by atoms with Crippen molar-refractivity contribution in [2.45, 2.75) is 44.2 Å². The normalized spacial score (nSPS) is 20.8. The van der Waals surface area contributed by atoms with Crippen LogP contribution in [-0.4, -0.2) is 36.6 Å². The van der Waals surface area contributed by atoms with Crippen molar-refractivity contribution >= 4 is 12.0 Å². The van der Waals surface area contributed by atoms with Gasteiger partial charge in [0.2, 0.25) is 5.91 Å². The summed E-state index contributed by atoms with van der Waals surface area (Å²) in [6.45, 7) is 1.08. The standard InChI is InChI=1S/C17H22N2O3/c1-22-17(21)19-10-2-3-15(19)16(20)18-11-12-4-6-13(7-5-12)14-8-9-14/h4-7,14-15H,2-3,8-11H2,1H3,(H,18,20)/t15-/m1/s1. The zero-order valence-corrected chi connectivity index (χ0v) is 12.9. The van der Waals surface area contributed by atoms with Gasteiger partial charge in [0.1, 0.15) is 6.04 Å². The monoisotopic (exact) mass is 302 g/mol. The van der Waals surface area contributed by atoms with Gasteiger partial charge in [0.05, 0.1) is 7.11 Å². The highest BCUT2D eigenvalue weighted by atomic mass is 16.5. The van der Waals surface area contributed by atoms with E-state index in [4.69, 9.17) is 4.74 Å². The van der Waals surface area contributed by atoms with E-state index in [-0.39, 0.29) is 5.91 Å². The van der Waals surface area contributed by atoms with E-state index in [2.05, 4.69) is 29.6 Å². The number of rotatable bonds is 4. The van der Waals surface area contributed by atoms with Crippen LogP contribution in [0.15, 0.2) is 24.3 Å².